The zero-order valence-corrected chi connectivity index (χ0v) is 15.3. The Kier molecular flexibility index (Phi) is 7.96. The summed E-state index contributed by atoms with van der Waals surface area (Å²) in [5, 5.41) is 3.04. The summed E-state index contributed by atoms with van der Waals surface area (Å²) >= 11 is 0. The Morgan fingerprint density at radius 2 is 1.96 bits per heavy atom. The molecular formula is C18H28ClN3O3. The standard InChI is InChI=1S/C18H27N3O3.ClH/c19-9-13-24-16-5-3-14(4-6-16)20-18(22)17-2-1-10-21(17)15-7-11-23-12-8-15;/h3-6,15,17H,1-2,7-13,19H2,(H,20,22);1H. The van der Waals surface area contributed by atoms with E-state index in [1.54, 1.807) is 0 Å². The number of rotatable bonds is 6. The quantitative estimate of drug-likeness (QED) is 0.802. The van der Waals surface area contributed by atoms with Gasteiger partial charge in [-0.05, 0) is 56.5 Å². The van der Waals surface area contributed by atoms with Crippen molar-refractivity contribution in [2.75, 3.05) is 38.2 Å². The van der Waals surface area contributed by atoms with Gasteiger partial charge in [0.15, 0.2) is 0 Å². The first kappa shape index (κ1) is 20.0. The molecule has 1 atom stereocenters. The van der Waals surface area contributed by atoms with Crippen LogP contribution in [0.3, 0.4) is 0 Å². The molecule has 1 amide bonds. The fourth-order valence-electron chi connectivity index (χ4n) is 3.56. The second kappa shape index (κ2) is 9.97. The van der Waals surface area contributed by atoms with Crippen molar-refractivity contribution >= 4 is 24.0 Å². The summed E-state index contributed by atoms with van der Waals surface area (Å²) in [4.78, 5) is 15.1. The SMILES string of the molecule is Cl.NCCOc1ccc(NC(=O)C2CCCN2C2CCOCC2)cc1. The van der Waals surface area contributed by atoms with Crippen molar-refractivity contribution in [2.24, 2.45) is 5.73 Å². The number of likely N-dealkylation sites (tertiary alicyclic amines) is 1. The molecule has 3 rings (SSSR count). The molecule has 2 saturated heterocycles. The van der Waals surface area contributed by atoms with Crippen LogP contribution >= 0.6 is 12.4 Å². The molecule has 2 aliphatic heterocycles. The van der Waals surface area contributed by atoms with Crippen LogP contribution in [0.15, 0.2) is 24.3 Å². The van der Waals surface area contributed by atoms with Crippen molar-refractivity contribution in [1.82, 2.24) is 4.90 Å². The van der Waals surface area contributed by atoms with Crippen molar-refractivity contribution in [3.8, 4) is 5.75 Å². The van der Waals surface area contributed by atoms with E-state index in [0.717, 1.165) is 56.9 Å². The van der Waals surface area contributed by atoms with Crippen molar-refractivity contribution in [3.05, 3.63) is 24.3 Å². The lowest BCUT2D eigenvalue weighted by Gasteiger charge is -2.34. The average molecular weight is 370 g/mol. The van der Waals surface area contributed by atoms with E-state index in [1.165, 1.54) is 0 Å². The third-order valence-electron chi connectivity index (χ3n) is 4.77. The fraction of sp³-hybridized carbons (Fsp3) is 0.611. The number of nitrogens with two attached hydrogens (primary N) is 1. The van der Waals surface area contributed by atoms with E-state index in [0.29, 0.717) is 19.2 Å². The van der Waals surface area contributed by atoms with Gasteiger partial charge in [0.2, 0.25) is 5.91 Å². The van der Waals surface area contributed by atoms with Crippen LogP contribution in [0.1, 0.15) is 25.7 Å². The van der Waals surface area contributed by atoms with E-state index in [9.17, 15) is 4.79 Å². The molecule has 1 unspecified atom stereocenters. The van der Waals surface area contributed by atoms with Crippen molar-refractivity contribution in [3.63, 3.8) is 0 Å². The second-order valence-electron chi connectivity index (χ2n) is 6.39. The lowest BCUT2D eigenvalue weighted by atomic mass is 10.1. The van der Waals surface area contributed by atoms with Crippen LogP contribution in [0.25, 0.3) is 0 Å². The Labute approximate surface area is 155 Å². The summed E-state index contributed by atoms with van der Waals surface area (Å²) in [6, 6.07) is 7.91. The Morgan fingerprint density at radius 3 is 2.64 bits per heavy atom. The van der Waals surface area contributed by atoms with Gasteiger partial charge in [-0.3, -0.25) is 9.69 Å². The molecule has 0 bridgehead atoms. The van der Waals surface area contributed by atoms with Crippen LogP contribution in [0.4, 0.5) is 5.69 Å². The van der Waals surface area contributed by atoms with Gasteiger partial charge in [-0.15, -0.1) is 12.4 Å². The lowest BCUT2D eigenvalue weighted by molar-refractivity contribution is -0.121. The van der Waals surface area contributed by atoms with E-state index in [1.807, 2.05) is 24.3 Å². The highest BCUT2D eigenvalue weighted by molar-refractivity contribution is 5.95. The molecule has 1 aromatic carbocycles. The van der Waals surface area contributed by atoms with Crippen LogP contribution in [-0.2, 0) is 9.53 Å². The number of ether oxygens (including phenoxy) is 2. The predicted molar refractivity (Wildman–Crippen MR) is 100 cm³/mol. The number of benzene rings is 1. The molecule has 7 heteroatoms. The van der Waals surface area contributed by atoms with Gasteiger partial charge in [-0.1, -0.05) is 0 Å². The van der Waals surface area contributed by atoms with Gasteiger partial charge in [-0.2, -0.15) is 0 Å². The summed E-state index contributed by atoms with van der Waals surface area (Å²) in [6.45, 7) is 3.60. The Bertz CT molecular complexity index is 535. The molecule has 3 N–H and O–H groups in total. The number of nitrogens with one attached hydrogen (secondary N) is 1. The van der Waals surface area contributed by atoms with E-state index in [2.05, 4.69) is 10.2 Å². The van der Waals surface area contributed by atoms with Crippen LogP contribution in [0, 0.1) is 0 Å². The molecule has 6 nitrogen and oxygen atoms in total. The third kappa shape index (κ3) is 5.31. The molecule has 0 aliphatic carbocycles. The van der Waals surface area contributed by atoms with E-state index < -0.39 is 0 Å². The maximum absolute atomic E-state index is 12.7. The molecular weight excluding hydrogens is 342 g/mol. The smallest absolute Gasteiger partial charge is 0.241 e. The van der Waals surface area contributed by atoms with E-state index >= 15 is 0 Å². The number of anilines is 1. The first-order valence-electron chi connectivity index (χ1n) is 8.85. The zero-order valence-electron chi connectivity index (χ0n) is 14.5. The molecule has 2 heterocycles. The number of nitrogens with zero attached hydrogens (tertiary/aromatic N) is 1. The molecule has 0 saturated carbocycles. The molecule has 140 valence electrons. The summed E-state index contributed by atoms with van der Waals surface area (Å²) in [6.07, 6.45) is 4.07. The van der Waals surface area contributed by atoms with Crippen molar-refractivity contribution in [2.45, 2.75) is 37.8 Å². The average Bonchev–Trinajstić information content (AvgIpc) is 3.12. The zero-order chi connectivity index (χ0) is 16.8. The van der Waals surface area contributed by atoms with Gasteiger partial charge >= 0.3 is 0 Å². The minimum absolute atomic E-state index is 0. The van der Waals surface area contributed by atoms with Gasteiger partial charge in [0.05, 0.1) is 6.04 Å². The first-order valence-corrected chi connectivity index (χ1v) is 8.85. The van der Waals surface area contributed by atoms with E-state index in [4.69, 9.17) is 15.2 Å². The monoisotopic (exact) mass is 369 g/mol. The summed E-state index contributed by atoms with van der Waals surface area (Å²) in [7, 11) is 0. The molecule has 25 heavy (non-hydrogen) atoms. The predicted octanol–water partition coefficient (Wildman–Crippen LogP) is 2.03. The third-order valence-corrected chi connectivity index (χ3v) is 4.77. The highest BCUT2D eigenvalue weighted by Crippen LogP contribution is 2.26. The molecule has 2 aliphatic rings. The van der Waals surface area contributed by atoms with Crippen LogP contribution in [-0.4, -0.2) is 55.8 Å². The lowest BCUT2D eigenvalue weighted by Crippen LogP contribution is -2.47. The summed E-state index contributed by atoms with van der Waals surface area (Å²) < 4.78 is 10.9. The number of hydrogen-bond acceptors (Lipinski definition) is 5. The molecule has 0 radical (unpaired) electrons. The Balaban J connectivity index is 0.00000225. The minimum Gasteiger partial charge on any atom is -0.492 e. The van der Waals surface area contributed by atoms with Crippen LogP contribution < -0.4 is 15.8 Å². The first-order chi connectivity index (χ1) is 11.8. The van der Waals surface area contributed by atoms with Gasteiger partial charge < -0.3 is 20.5 Å². The number of carbonyl (C=O) groups excluding carboxylic acids is 1. The topological polar surface area (TPSA) is 76.8 Å². The Morgan fingerprint density at radius 1 is 1.24 bits per heavy atom. The number of halogens is 1. The fourth-order valence-corrected chi connectivity index (χ4v) is 3.56. The normalized spacial score (nSPS) is 21.6. The largest absolute Gasteiger partial charge is 0.492 e. The van der Waals surface area contributed by atoms with Crippen LogP contribution in [0.2, 0.25) is 0 Å². The molecule has 0 aromatic heterocycles. The highest BCUT2D eigenvalue weighted by Gasteiger charge is 2.35. The molecule has 0 spiro atoms. The number of amides is 1. The van der Waals surface area contributed by atoms with Gasteiger partial charge in [0.1, 0.15) is 12.4 Å². The van der Waals surface area contributed by atoms with Crippen molar-refractivity contribution < 1.29 is 14.3 Å². The molecule has 2 fully saturated rings. The minimum atomic E-state index is -0.0266. The Hall–Kier alpha value is -1.34. The maximum atomic E-state index is 12.7. The van der Waals surface area contributed by atoms with Crippen LogP contribution in [0.5, 0.6) is 5.75 Å². The van der Waals surface area contributed by atoms with E-state index in [-0.39, 0.29) is 24.4 Å². The van der Waals surface area contributed by atoms with Crippen molar-refractivity contribution in [1.29, 1.82) is 0 Å². The maximum Gasteiger partial charge on any atom is 0.241 e. The van der Waals surface area contributed by atoms with Gasteiger partial charge in [0, 0.05) is 31.5 Å². The number of carbonyl (C=O) groups is 1. The summed E-state index contributed by atoms with van der Waals surface area (Å²) in [5.41, 5.74) is 6.23. The van der Waals surface area contributed by atoms with Gasteiger partial charge in [0.25, 0.3) is 0 Å². The molecule has 1 aromatic rings. The number of hydrogen-bond donors (Lipinski definition) is 2. The van der Waals surface area contributed by atoms with Gasteiger partial charge in [-0.25, -0.2) is 0 Å². The second-order valence-corrected chi connectivity index (χ2v) is 6.39. The summed E-state index contributed by atoms with van der Waals surface area (Å²) in [5.74, 6) is 0.859. The highest BCUT2D eigenvalue weighted by atomic mass is 35.5.